The van der Waals surface area contributed by atoms with Crippen molar-refractivity contribution in [3.05, 3.63) is 76.9 Å². The van der Waals surface area contributed by atoms with Gasteiger partial charge in [0.1, 0.15) is 5.82 Å². The first-order chi connectivity index (χ1) is 11.9. The number of sulfonamides is 1. The first-order valence-electron chi connectivity index (χ1n) is 7.68. The molecule has 2 aromatic rings. The number of hydrogen-bond acceptors (Lipinski definition) is 3. The molecule has 132 valence electrons. The van der Waals surface area contributed by atoms with Gasteiger partial charge in [0.15, 0.2) is 0 Å². The molecule has 0 radical (unpaired) electrons. The highest BCUT2D eigenvalue weighted by atomic mass is 32.2. The van der Waals surface area contributed by atoms with Gasteiger partial charge in [-0.1, -0.05) is 42.5 Å². The van der Waals surface area contributed by atoms with Gasteiger partial charge in [0.2, 0.25) is 15.9 Å². The second-order valence-corrected chi connectivity index (χ2v) is 6.96. The minimum absolute atomic E-state index is 0.00623. The number of hydrogen-bond donors (Lipinski definition) is 2. The second-order valence-electron chi connectivity index (χ2n) is 5.31. The summed E-state index contributed by atoms with van der Waals surface area (Å²) in [6.07, 6.45) is 1.47. The number of amides is 1. The summed E-state index contributed by atoms with van der Waals surface area (Å²) >= 11 is 0. The van der Waals surface area contributed by atoms with E-state index in [2.05, 4.69) is 10.0 Å². The number of nitrogens with one attached hydrogen (secondary N) is 2. The highest BCUT2D eigenvalue weighted by Crippen LogP contribution is 2.04. The number of carbonyl (C=O) groups excluding carboxylic acids is 1. The minimum atomic E-state index is -3.61. The Morgan fingerprint density at radius 2 is 1.84 bits per heavy atom. The molecule has 0 atom stereocenters. The van der Waals surface area contributed by atoms with Crippen molar-refractivity contribution in [2.45, 2.75) is 13.0 Å². The first-order valence-corrected chi connectivity index (χ1v) is 9.23. The summed E-state index contributed by atoms with van der Waals surface area (Å²) in [4.78, 5) is 11.7. The fraction of sp³-hybridized carbons (Fsp3) is 0.167. The summed E-state index contributed by atoms with van der Waals surface area (Å²) in [5, 5.41) is 3.67. The van der Waals surface area contributed by atoms with Crippen LogP contribution >= 0.6 is 0 Å². The van der Waals surface area contributed by atoms with Gasteiger partial charge in [-0.2, -0.15) is 0 Å². The van der Waals surface area contributed by atoms with Gasteiger partial charge in [0.25, 0.3) is 0 Å². The molecule has 2 N–H and O–H groups in total. The number of halogens is 1. The summed E-state index contributed by atoms with van der Waals surface area (Å²) < 4.78 is 39.0. The van der Waals surface area contributed by atoms with Gasteiger partial charge < -0.3 is 5.32 Å². The predicted molar refractivity (Wildman–Crippen MR) is 95.3 cm³/mol. The second kappa shape index (κ2) is 9.10. The molecular weight excluding hydrogens is 343 g/mol. The van der Waals surface area contributed by atoms with E-state index in [4.69, 9.17) is 0 Å². The molecule has 1 amide bonds. The monoisotopic (exact) mass is 362 g/mol. The molecule has 7 heteroatoms. The van der Waals surface area contributed by atoms with Gasteiger partial charge >= 0.3 is 0 Å². The molecule has 0 spiro atoms. The maximum atomic E-state index is 13.0. The van der Waals surface area contributed by atoms with Crippen LogP contribution in [0.25, 0.3) is 6.08 Å². The normalized spacial score (nSPS) is 11.6. The van der Waals surface area contributed by atoms with Crippen molar-refractivity contribution in [2.75, 3.05) is 6.54 Å². The summed E-state index contributed by atoms with van der Waals surface area (Å²) in [6.45, 7) is 0.174. The highest BCUT2D eigenvalue weighted by Gasteiger charge is 2.07. The highest BCUT2D eigenvalue weighted by molar-refractivity contribution is 7.92. The molecule has 5 nitrogen and oxygen atoms in total. The Kier molecular flexibility index (Phi) is 6.85. The van der Waals surface area contributed by atoms with Gasteiger partial charge in [-0.3, -0.25) is 4.79 Å². The van der Waals surface area contributed by atoms with Crippen LogP contribution in [0.2, 0.25) is 0 Å². The summed E-state index contributed by atoms with van der Waals surface area (Å²) in [5.41, 5.74) is 1.40. The third kappa shape index (κ3) is 7.28. The predicted octanol–water partition coefficient (Wildman–Crippen LogP) is 2.42. The van der Waals surface area contributed by atoms with E-state index in [1.807, 2.05) is 18.2 Å². The maximum absolute atomic E-state index is 13.0. The minimum Gasteiger partial charge on any atom is -0.352 e. The summed E-state index contributed by atoms with van der Waals surface area (Å²) in [6, 6.07) is 14.9. The van der Waals surface area contributed by atoms with Crippen molar-refractivity contribution >= 4 is 22.0 Å². The molecule has 2 aromatic carbocycles. The molecule has 25 heavy (non-hydrogen) atoms. The maximum Gasteiger partial charge on any atom is 0.233 e. The van der Waals surface area contributed by atoms with Crippen molar-refractivity contribution in [3.8, 4) is 0 Å². The molecule has 0 aliphatic rings. The third-order valence-electron chi connectivity index (χ3n) is 3.27. The van der Waals surface area contributed by atoms with Gasteiger partial charge in [-0.25, -0.2) is 17.5 Å². The van der Waals surface area contributed by atoms with Crippen LogP contribution in [0.5, 0.6) is 0 Å². The lowest BCUT2D eigenvalue weighted by atomic mass is 10.2. The summed E-state index contributed by atoms with van der Waals surface area (Å²) in [5.74, 6) is -0.691. The molecule has 2 rings (SSSR count). The molecule has 0 saturated heterocycles. The SMILES string of the molecule is O=C(CCNS(=O)(=O)/C=C/c1ccccc1)NCc1cccc(F)c1. The van der Waals surface area contributed by atoms with Crippen molar-refractivity contribution < 1.29 is 17.6 Å². The zero-order chi connectivity index (χ0) is 18.1. The molecule has 0 aliphatic heterocycles. The first kappa shape index (κ1) is 18.8. The largest absolute Gasteiger partial charge is 0.352 e. The lowest BCUT2D eigenvalue weighted by Gasteiger charge is -2.06. The smallest absolute Gasteiger partial charge is 0.233 e. The lowest BCUT2D eigenvalue weighted by molar-refractivity contribution is -0.121. The Morgan fingerprint density at radius 1 is 1.08 bits per heavy atom. The Bertz CT molecular complexity index is 836. The van der Waals surface area contributed by atoms with Crippen LogP contribution in [0.3, 0.4) is 0 Å². The van der Waals surface area contributed by atoms with E-state index >= 15 is 0 Å². The van der Waals surface area contributed by atoms with Crippen LogP contribution in [0, 0.1) is 5.82 Å². The third-order valence-corrected chi connectivity index (χ3v) is 4.37. The van der Waals surface area contributed by atoms with E-state index in [-0.39, 0.29) is 31.2 Å². The number of carbonyl (C=O) groups is 1. The Balaban J connectivity index is 1.73. The molecule has 0 aromatic heterocycles. The fourth-order valence-electron chi connectivity index (χ4n) is 2.02. The van der Waals surface area contributed by atoms with E-state index in [0.29, 0.717) is 5.56 Å². The van der Waals surface area contributed by atoms with Crippen molar-refractivity contribution in [3.63, 3.8) is 0 Å². The van der Waals surface area contributed by atoms with E-state index in [9.17, 15) is 17.6 Å². The van der Waals surface area contributed by atoms with Crippen LogP contribution in [0.4, 0.5) is 4.39 Å². The molecule has 0 aliphatic carbocycles. The van der Waals surface area contributed by atoms with E-state index in [1.165, 1.54) is 18.2 Å². The lowest BCUT2D eigenvalue weighted by Crippen LogP contribution is -2.29. The van der Waals surface area contributed by atoms with Crippen LogP contribution in [0.15, 0.2) is 60.0 Å². The molecule has 0 fully saturated rings. The van der Waals surface area contributed by atoms with Crippen molar-refractivity contribution in [1.29, 1.82) is 0 Å². The average molecular weight is 362 g/mol. The Hall–Kier alpha value is -2.51. The van der Waals surface area contributed by atoms with Gasteiger partial charge in [-0.05, 0) is 29.3 Å². The van der Waals surface area contributed by atoms with E-state index < -0.39 is 10.0 Å². The van der Waals surface area contributed by atoms with E-state index in [0.717, 1.165) is 11.0 Å². The molecule has 0 unspecified atom stereocenters. The van der Waals surface area contributed by atoms with Crippen LogP contribution in [0.1, 0.15) is 17.5 Å². The van der Waals surface area contributed by atoms with Gasteiger partial charge in [0, 0.05) is 24.9 Å². The zero-order valence-electron chi connectivity index (χ0n) is 13.5. The van der Waals surface area contributed by atoms with Crippen molar-refractivity contribution in [2.24, 2.45) is 0 Å². The Morgan fingerprint density at radius 3 is 2.56 bits per heavy atom. The fourth-order valence-corrected chi connectivity index (χ4v) is 2.84. The van der Waals surface area contributed by atoms with Gasteiger partial charge in [-0.15, -0.1) is 0 Å². The quantitative estimate of drug-likeness (QED) is 0.757. The average Bonchev–Trinajstić information content (AvgIpc) is 2.59. The van der Waals surface area contributed by atoms with Gasteiger partial charge in [0.05, 0.1) is 0 Å². The Labute approximate surface area is 146 Å². The van der Waals surface area contributed by atoms with Crippen LogP contribution in [-0.2, 0) is 21.4 Å². The van der Waals surface area contributed by atoms with Crippen LogP contribution in [-0.4, -0.2) is 20.9 Å². The summed E-state index contributed by atoms with van der Waals surface area (Å²) in [7, 11) is -3.61. The van der Waals surface area contributed by atoms with Crippen molar-refractivity contribution in [1.82, 2.24) is 10.0 Å². The topological polar surface area (TPSA) is 75.3 Å². The standard InChI is InChI=1S/C18H19FN2O3S/c19-17-8-4-7-16(13-17)14-20-18(22)9-11-21-25(23,24)12-10-15-5-2-1-3-6-15/h1-8,10,12-13,21H,9,11,14H2,(H,20,22)/b12-10+. The van der Waals surface area contributed by atoms with E-state index in [1.54, 1.807) is 24.3 Å². The van der Waals surface area contributed by atoms with Crippen LogP contribution < -0.4 is 10.0 Å². The number of benzene rings is 2. The zero-order valence-corrected chi connectivity index (χ0v) is 14.3. The molecule has 0 heterocycles. The molecular formula is C18H19FN2O3S. The number of rotatable bonds is 8. The molecule has 0 bridgehead atoms. The molecule has 0 saturated carbocycles.